The molecule has 6 heteroatoms. The van der Waals surface area contributed by atoms with E-state index in [-0.39, 0.29) is 34.9 Å². The third-order valence-electron chi connectivity index (χ3n) is 3.33. The fourth-order valence-electron chi connectivity index (χ4n) is 2.36. The first-order valence-corrected chi connectivity index (χ1v) is 6.02. The van der Waals surface area contributed by atoms with E-state index in [1.165, 1.54) is 34.5 Å². The number of ketones is 2. The standard InChI is InChI=1S/C14H16O6/c1-17-8-6-10(19-3)14(20-4)12-11(8)7(15)5-9(18-2)13(12)16/h6,9H,5H2,1-4H3. The highest BCUT2D eigenvalue weighted by Gasteiger charge is 2.39. The van der Waals surface area contributed by atoms with Gasteiger partial charge in [0.2, 0.25) is 0 Å². The topological polar surface area (TPSA) is 71.1 Å². The Labute approximate surface area is 116 Å². The minimum Gasteiger partial charge on any atom is -0.496 e. The number of rotatable bonds is 4. The summed E-state index contributed by atoms with van der Waals surface area (Å²) in [4.78, 5) is 24.7. The summed E-state index contributed by atoms with van der Waals surface area (Å²) in [6.45, 7) is 0. The molecule has 0 amide bonds. The van der Waals surface area contributed by atoms with Crippen LogP contribution in [0.2, 0.25) is 0 Å². The molecular formula is C14H16O6. The van der Waals surface area contributed by atoms with E-state index in [4.69, 9.17) is 18.9 Å². The summed E-state index contributed by atoms with van der Waals surface area (Å²) in [5.41, 5.74) is 0.384. The molecule has 108 valence electrons. The average Bonchev–Trinajstić information content (AvgIpc) is 2.48. The highest BCUT2D eigenvalue weighted by atomic mass is 16.5. The maximum Gasteiger partial charge on any atom is 0.196 e. The number of benzene rings is 1. The van der Waals surface area contributed by atoms with Gasteiger partial charge in [0.1, 0.15) is 11.9 Å². The fraction of sp³-hybridized carbons (Fsp3) is 0.429. The summed E-state index contributed by atoms with van der Waals surface area (Å²) >= 11 is 0. The van der Waals surface area contributed by atoms with E-state index in [1.807, 2.05) is 0 Å². The molecule has 20 heavy (non-hydrogen) atoms. The minimum absolute atomic E-state index is 0.00578. The van der Waals surface area contributed by atoms with E-state index in [2.05, 4.69) is 0 Å². The molecule has 0 saturated heterocycles. The van der Waals surface area contributed by atoms with Crippen LogP contribution in [0.1, 0.15) is 27.1 Å². The number of Topliss-reactive ketones (excluding diaryl/α,β-unsaturated/α-hetero) is 2. The van der Waals surface area contributed by atoms with Crippen molar-refractivity contribution in [3.8, 4) is 17.2 Å². The molecule has 1 unspecified atom stereocenters. The molecule has 0 spiro atoms. The molecule has 1 aromatic carbocycles. The maximum absolute atomic E-state index is 12.4. The van der Waals surface area contributed by atoms with Crippen molar-refractivity contribution in [1.82, 2.24) is 0 Å². The van der Waals surface area contributed by atoms with Crippen LogP contribution >= 0.6 is 0 Å². The molecular weight excluding hydrogens is 264 g/mol. The van der Waals surface area contributed by atoms with Gasteiger partial charge in [0.15, 0.2) is 23.1 Å². The molecule has 1 aliphatic rings. The van der Waals surface area contributed by atoms with Gasteiger partial charge in [0.25, 0.3) is 0 Å². The van der Waals surface area contributed by atoms with Gasteiger partial charge >= 0.3 is 0 Å². The van der Waals surface area contributed by atoms with Gasteiger partial charge in [0, 0.05) is 19.6 Å². The van der Waals surface area contributed by atoms with Crippen molar-refractivity contribution in [1.29, 1.82) is 0 Å². The number of fused-ring (bicyclic) bond motifs is 1. The normalized spacial score (nSPS) is 17.7. The Morgan fingerprint density at radius 3 is 2.10 bits per heavy atom. The van der Waals surface area contributed by atoms with E-state index in [9.17, 15) is 9.59 Å². The predicted octanol–water partition coefficient (Wildman–Crippen LogP) is 1.50. The maximum atomic E-state index is 12.4. The minimum atomic E-state index is -0.805. The van der Waals surface area contributed by atoms with Crippen molar-refractivity contribution in [2.45, 2.75) is 12.5 Å². The molecule has 0 aliphatic heterocycles. The number of hydrogen-bond donors (Lipinski definition) is 0. The zero-order valence-electron chi connectivity index (χ0n) is 11.8. The number of ether oxygens (including phenoxy) is 4. The molecule has 1 aliphatic carbocycles. The Hall–Kier alpha value is -2.08. The van der Waals surface area contributed by atoms with E-state index in [1.54, 1.807) is 0 Å². The average molecular weight is 280 g/mol. The third-order valence-corrected chi connectivity index (χ3v) is 3.33. The SMILES string of the molecule is COc1cc(OC)c2c(c1OC)C(=O)C(OC)CC2=O. The lowest BCUT2D eigenvalue weighted by atomic mass is 9.86. The van der Waals surface area contributed by atoms with Crippen LogP contribution in [0, 0.1) is 0 Å². The summed E-state index contributed by atoms with van der Waals surface area (Å²) in [6, 6.07) is 1.54. The molecule has 1 atom stereocenters. The number of carbonyl (C=O) groups is 2. The summed E-state index contributed by atoms with van der Waals surface area (Å²) in [7, 11) is 5.69. The Kier molecular flexibility index (Phi) is 3.94. The second kappa shape index (κ2) is 5.50. The third kappa shape index (κ3) is 2.02. The second-order valence-electron chi connectivity index (χ2n) is 4.28. The lowest BCUT2D eigenvalue weighted by Crippen LogP contribution is -2.33. The van der Waals surface area contributed by atoms with Crippen LogP contribution in [0.25, 0.3) is 0 Å². The number of carbonyl (C=O) groups excluding carboxylic acids is 2. The molecule has 0 fully saturated rings. The van der Waals surface area contributed by atoms with Gasteiger partial charge in [-0.15, -0.1) is 0 Å². The van der Waals surface area contributed by atoms with Crippen molar-refractivity contribution < 1.29 is 28.5 Å². The molecule has 0 saturated carbocycles. The van der Waals surface area contributed by atoms with Crippen molar-refractivity contribution in [3.05, 3.63) is 17.2 Å². The summed E-state index contributed by atoms with van der Waals surface area (Å²) in [5, 5.41) is 0. The summed E-state index contributed by atoms with van der Waals surface area (Å²) in [5.74, 6) is 0.329. The molecule has 0 bridgehead atoms. The van der Waals surface area contributed by atoms with Crippen LogP contribution in [0.4, 0.5) is 0 Å². The van der Waals surface area contributed by atoms with Gasteiger partial charge in [-0.25, -0.2) is 0 Å². The van der Waals surface area contributed by atoms with Crippen molar-refractivity contribution >= 4 is 11.6 Å². The van der Waals surface area contributed by atoms with Crippen molar-refractivity contribution in [2.75, 3.05) is 28.4 Å². The molecule has 0 aromatic heterocycles. The highest BCUT2D eigenvalue weighted by Crippen LogP contribution is 2.43. The van der Waals surface area contributed by atoms with Crippen LogP contribution in [-0.2, 0) is 4.74 Å². The van der Waals surface area contributed by atoms with E-state index >= 15 is 0 Å². The molecule has 0 N–H and O–H groups in total. The van der Waals surface area contributed by atoms with Crippen molar-refractivity contribution in [3.63, 3.8) is 0 Å². The van der Waals surface area contributed by atoms with E-state index in [0.717, 1.165) is 0 Å². The number of methoxy groups -OCH3 is 4. The number of hydrogen-bond acceptors (Lipinski definition) is 6. The van der Waals surface area contributed by atoms with Gasteiger partial charge < -0.3 is 18.9 Å². The smallest absolute Gasteiger partial charge is 0.196 e. The highest BCUT2D eigenvalue weighted by molar-refractivity contribution is 6.19. The first kappa shape index (κ1) is 14.3. The van der Waals surface area contributed by atoms with Gasteiger partial charge in [-0.3, -0.25) is 9.59 Å². The van der Waals surface area contributed by atoms with E-state index < -0.39 is 6.10 Å². The monoisotopic (exact) mass is 280 g/mol. The largest absolute Gasteiger partial charge is 0.496 e. The Balaban J connectivity index is 2.78. The summed E-state index contributed by atoms with van der Waals surface area (Å²) < 4.78 is 20.7. The van der Waals surface area contributed by atoms with Crippen molar-refractivity contribution in [2.24, 2.45) is 0 Å². The van der Waals surface area contributed by atoms with E-state index in [0.29, 0.717) is 11.5 Å². The fourth-order valence-corrected chi connectivity index (χ4v) is 2.36. The van der Waals surface area contributed by atoms with Crippen LogP contribution in [-0.4, -0.2) is 46.1 Å². The molecule has 6 nitrogen and oxygen atoms in total. The van der Waals surface area contributed by atoms with Crippen LogP contribution in [0.15, 0.2) is 6.07 Å². The van der Waals surface area contributed by atoms with Crippen LogP contribution < -0.4 is 14.2 Å². The Morgan fingerprint density at radius 1 is 0.950 bits per heavy atom. The van der Waals surface area contributed by atoms with Gasteiger partial charge in [0.05, 0.1) is 32.5 Å². The first-order valence-electron chi connectivity index (χ1n) is 6.02. The lowest BCUT2D eigenvalue weighted by Gasteiger charge is -2.25. The second-order valence-corrected chi connectivity index (χ2v) is 4.28. The van der Waals surface area contributed by atoms with Crippen LogP contribution in [0.5, 0.6) is 17.2 Å². The Morgan fingerprint density at radius 2 is 1.60 bits per heavy atom. The zero-order valence-corrected chi connectivity index (χ0v) is 11.8. The predicted molar refractivity (Wildman–Crippen MR) is 70.2 cm³/mol. The quantitative estimate of drug-likeness (QED) is 0.832. The lowest BCUT2D eigenvalue weighted by molar-refractivity contribution is 0.0513. The molecule has 0 radical (unpaired) electrons. The van der Waals surface area contributed by atoms with Gasteiger partial charge in [-0.05, 0) is 0 Å². The van der Waals surface area contributed by atoms with Gasteiger partial charge in [-0.1, -0.05) is 0 Å². The zero-order chi connectivity index (χ0) is 14.9. The van der Waals surface area contributed by atoms with Gasteiger partial charge in [-0.2, -0.15) is 0 Å². The molecule has 1 aromatic rings. The van der Waals surface area contributed by atoms with Crippen LogP contribution in [0.3, 0.4) is 0 Å². The molecule has 2 rings (SSSR count). The molecule has 0 heterocycles. The Bertz CT molecular complexity index is 563. The summed E-state index contributed by atoms with van der Waals surface area (Å²) in [6.07, 6.45) is -0.811. The first-order chi connectivity index (χ1) is 9.58.